The zero-order valence-corrected chi connectivity index (χ0v) is 11.5. The molecule has 0 spiro atoms. The molecule has 5 heteroatoms. The van der Waals surface area contributed by atoms with E-state index >= 15 is 0 Å². The predicted octanol–water partition coefficient (Wildman–Crippen LogP) is 1.79. The van der Waals surface area contributed by atoms with Gasteiger partial charge in [0, 0.05) is 24.7 Å². The smallest absolute Gasteiger partial charge is 0.306 e. The van der Waals surface area contributed by atoms with Gasteiger partial charge in [-0.15, -0.1) is 0 Å². The van der Waals surface area contributed by atoms with E-state index < -0.39 is 0 Å². The number of carbonyl (C=O) groups excluding carboxylic acids is 1. The highest BCUT2D eigenvalue weighted by atomic mass is 35.5. The number of rotatable bonds is 6. The molecular formula is C13H19ClN2O2. The van der Waals surface area contributed by atoms with Crippen LogP contribution in [0.25, 0.3) is 0 Å². The van der Waals surface area contributed by atoms with Crippen LogP contribution < -0.4 is 5.73 Å². The first-order valence-corrected chi connectivity index (χ1v) is 6.17. The average molecular weight is 271 g/mol. The number of ether oxygens (including phenoxy) is 1. The molecule has 100 valence electrons. The van der Waals surface area contributed by atoms with Crippen molar-refractivity contribution >= 4 is 17.6 Å². The van der Waals surface area contributed by atoms with Crippen molar-refractivity contribution in [1.82, 2.24) is 4.90 Å². The minimum absolute atomic E-state index is 0.202. The molecule has 0 bridgehead atoms. The van der Waals surface area contributed by atoms with Gasteiger partial charge in [-0.2, -0.15) is 0 Å². The Labute approximate surface area is 113 Å². The highest BCUT2D eigenvalue weighted by Gasteiger charge is 2.07. The Kier molecular flexibility index (Phi) is 6.12. The molecule has 0 radical (unpaired) electrons. The highest BCUT2D eigenvalue weighted by molar-refractivity contribution is 6.31. The first-order chi connectivity index (χ1) is 8.56. The molecule has 0 saturated heterocycles. The van der Waals surface area contributed by atoms with Gasteiger partial charge in [-0.1, -0.05) is 23.7 Å². The number of esters is 1. The van der Waals surface area contributed by atoms with Crippen LogP contribution in [0.3, 0.4) is 0 Å². The summed E-state index contributed by atoms with van der Waals surface area (Å²) >= 11 is 6.17. The van der Waals surface area contributed by atoms with E-state index in [9.17, 15) is 4.79 Å². The first-order valence-electron chi connectivity index (χ1n) is 5.79. The second kappa shape index (κ2) is 7.36. The maximum Gasteiger partial charge on any atom is 0.306 e. The van der Waals surface area contributed by atoms with Gasteiger partial charge in [0.1, 0.15) is 0 Å². The van der Waals surface area contributed by atoms with Gasteiger partial charge in [0.25, 0.3) is 0 Å². The molecule has 0 aliphatic carbocycles. The Morgan fingerprint density at radius 3 is 2.78 bits per heavy atom. The van der Waals surface area contributed by atoms with Crippen molar-refractivity contribution in [1.29, 1.82) is 0 Å². The Hall–Kier alpha value is -1.10. The van der Waals surface area contributed by atoms with Crippen LogP contribution in [0.2, 0.25) is 5.02 Å². The van der Waals surface area contributed by atoms with Crippen molar-refractivity contribution in [2.24, 2.45) is 5.73 Å². The molecule has 0 amide bonds. The fourth-order valence-electron chi connectivity index (χ4n) is 1.60. The minimum Gasteiger partial charge on any atom is -0.469 e. The van der Waals surface area contributed by atoms with Crippen LogP contribution in [0, 0.1) is 0 Å². The molecular weight excluding hydrogens is 252 g/mol. The fourth-order valence-corrected chi connectivity index (χ4v) is 1.86. The molecule has 18 heavy (non-hydrogen) atoms. The fraction of sp³-hybridized carbons (Fsp3) is 0.462. The van der Waals surface area contributed by atoms with E-state index in [2.05, 4.69) is 4.74 Å². The Bertz CT molecular complexity index is 410. The number of hydrogen-bond donors (Lipinski definition) is 1. The Balaban J connectivity index is 2.53. The van der Waals surface area contributed by atoms with E-state index in [0.717, 1.165) is 11.1 Å². The molecule has 1 aromatic carbocycles. The summed E-state index contributed by atoms with van der Waals surface area (Å²) in [5.74, 6) is -0.202. The summed E-state index contributed by atoms with van der Waals surface area (Å²) in [4.78, 5) is 13.1. The molecule has 0 aromatic heterocycles. The van der Waals surface area contributed by atoms with Crippen LogP contribution in [0.1, 0.15) is 17.5 Å². The van der Waals surface area contributed by atoms with Crippen molar-refractivity contribution in [2.45, 2.75) is 19.5 Å². The first kappa shape index (κ1) is 15.0. The summed E-state index contributed by atoms with van der Waals surface area (Å²) in [6.45, 7) is 1.82. The standard InChI is InChI=1S/C13H19ClN2O2/c1-16(6-5-13(17)18-2)9-11-4-3-10(8-15)7-12(11)14/h3-4,7H,5-6,8-9,15H2,1-2H3. The van der Waals surface area contributed by atoms with Crippen LogP contribution in [-0.4, -0.2) is 31.6 Å². The second-order valence-electron chi connectivity index (χ2n) is 4.19. The molecule has 1 rings (SSSR count). The lowest BCUT2D eigenvalue weighted by atomic mass is 10.1. The van der Waals surface area contributed by atoms with E-state index in [0.29, 0.717) is 31.1 Å². The average Bonchev–Trinajstić information content (AvgIpc) is 2.38. The number of nitrogens with zero attached hydrogens (tertiary/aromatic N) is 1. The van der Waals surface area contributed by atoms with E-state index in [4.69, 9.17) is 17.3 Å². The van der Waals surface area contributed by atoms with Crippen LogP contribution in [-0.2, 0) is 22.6 Å². The number of halogens is 1. The lowest BCUT2D eigenvalue weighted by Gasteiger charge is -2.17. The topological polar surface area (TPSA) is 55.6 Å². The van der Waals surface area contributed by atoms with Gasteiger partial charge < -0.3 is 15.4 Å². The number of carbonyl (C=O) groups is 1. The molecule has 2 N–H and O–H groups in total. The normalized spacial score (nSPS) is 10.7. The zero-order valence-electron chi connectivity index (χ0n) is 10.8. The molecule has 0 saturated carbocycles. The van der Waals surface area contributed by atoms with E-state index in [1.807, 2.05) is 30.1 Å². The van der Waals surface area contributed by atoms with E-state index in [1.54, 1.807) is 0 Å². The zero-order chi connectivity index (χ0) is 13.5. The van der Waals surface area contributed by atoms with Crippen molar-refractivity contribution < 1.29 is 9.53 Å². The van der Waals surface area contributed by atoms with Gasteiger partial charge in [-0.05, 0) is 24.2 Å². The highest BCUT2D eigenvalue weighted by Crippen LogP contribution is 2.19. The number of benzene rings is 1. The second-order valence-corrected chi connectivity index (χ2v) is 4.60. The summed E-state index contributed by atoms with van der Waals surface area (Å²) in [7, 11) is 3.33. The van der Waals surface area contributed by atoms with Crippen LogP contribution in [0.5, 0.6) is 0 Å². The lowest BCUT2D eigenvalue weighted by Crippen LogP contribution is -2.22. The Morgan fingerprint density at radius 2 is 2.22 bits per heavy atom. The summed E-state index contributed by atoms with van der Waals surface area (Å²) in [5, 5.41) is 0.711. The third-order valence-electron chi connectivity index (χ3n) is 2.72. The number of methoxy groups -OCH3 is 1. The molecule has 0 aliphatic heterocycles. The van der Waals surface area contributed by atoms with Gasteiger partial charge in [-0.25, -0.2) is 0 Å². The third kappa shape index (κ3) is 4.64. The maximum absolute atomic E-state index is 11.0. The van der Waals surface area contributed by atoms with Gasteiger partial charge in [0.2, 0.25) is 0 Å². The SMILES string of the molecule is COC(=O)CCN(C)Cc1ccc(CN)cc1Cl. The molecule has 4 nitrogen and oxygen atoms in total. The van der Waals surface area contributed by atoms with E-state index in [1.165, 1.54) is 7.11 Å². The van der Waals surface area contributed by atoms with Gasteiger partial charge in [0.15, 0.2) is 0 Å². The molecule has 0 aliphatic rings. The van der Waals surface area contributed by atoms with Crippen molar-refractivity contribution in [3.05, 3.63) is 34.3 Å². The van der Waals surface area contributed by atoms with Crippen molar-refractivity contribution in [3.63, 3.8) is 0 Å². The minimum atomic E-state index is -0.202. The number of nitrogens with two attached hydrogens (primary N) is 1. The predicted molar refractivity (Wildman–Crippen MR) is 72.3 cm³/mol. The lowest BCUT2D eigenvalue weighted by molar-refractivity contribution is -0.140. The quantitative estimate of drug-likeness (QED) is 0.801. The van der Waals surface area contributed by atoms with Crippen LogP contribution in [0.4, 0.5) is 0 Å². The van der Waals surface area contributed by atoms with Gasteiger partial charge in [-0.3, -0.25) is 4.79 Å². The van der Waals surface area contributed by atoms with Crippen LogP contribution in [0.15, 0.2) is 18.2 Å². The van der Waals surface area contributed by atoms with Crippen LogP contribution >= 0.6 is 11.6 Å². The molecule has 0 atom stereocenters. The summed E-state index contributed by atoms with van der Waals surface area (Å²) in [5.41, 5.74) is 7.59. The van der Waals surface area contributed by atoms with Gasteiger partial charge >= 0.3 is 5.97 Å². The molecule has 1 aromatic rings. The molecule has 0 heterocycles. The molecule has 0 fully saturated rings. The van der Waals surface area contributed by atoms with Gasteiger partial charge in [0.05, 0.1) is 13.5 Å². The third-order valence-corrected chi connectivity index (χ3v) is 3.07. The van der Waals surface area contributed by atoms with Crippen molar-refractivity contribution in [2.75, 3.05) is 20.7 Å². The maximum atomic E-state index is 11.0. The summed E-state index contributed by atoms with van der Waals surface area (Å²) in [6.07, 6.45) is 0.380. The summed E-state index contributed by atoms with van der Waals surface area (Å²) < 4.78 is 4.60. The van der Waals surface area contributed by atoms with Crippen molar-refractivity contribution in [3.8, 4) is 0 Å². The largest absolute Gasteiger partial charge is 0.469 e. The monoisotopic (exact) mass is 270 g/mol. The Morgan fingerprint density at radius 1 is 1.50 bits per heavy atom. The van der Waals surface area contributed by atoms with E-state index in [-0.39, 0.29) is 5.97 Å². The summed E-state index contributed by atoms with van der Waals surface area (Å²) in [6, 6.07) is 5.82. The molecule has 0 unspecified atom stereocenters. The number of hydrogen-bond acceptors (Lipinski definition) is 4.